The van der Waals surface area contributed by atoms with Crippen LogP contribution in [0.1, 0.15) is 6.92 Å². The molecule has 0 bridgehead atoms. The third-order valence-electron chi connectivity index (χ3n) is 3.51. The molecule has 2 rings (SSSR count). The number of carbonyl (C=O) groups excluding carboxylic acids is 1. The highest BCUT2D eigenvalue weighted by molar-refractivity contribution is 5.72. The average molecular weight is 266 g/mol. The lowest BCUT2D eigenvalue weighted by Crippen LogP contribution is -3.15. The van der Waals surface area contributed by atoms with E-state index in [-0.39, 0.29) is 11.7 Å². The molecule has 0 aromatic heterocycles. The predicted octanol–water partition coefficient (Wildman–Crippen LogP) is -0.333. The number of rotatable bonds is 4. The molecule has 0 unspecified atom stereocenters. The molecule has 2 N–H and O–H groups in total. The minimum atomic E-state index is -0.191. The summed E-state index contributed by atoms with van der Waals surface area (Å²) >= 11 is 0. The van der Waals surface area contributed by atoms with Crippen LogP contribution in [0.25, 0.3) is 0 Å². The van der Waals surface area contributed by atoms with Crippen LogP contribution >= 0.6 is 0 Å². The Morgan fingerprint density at radius 1 is 1.32 bits per heavy atom. The number of amides is 1. The Morgan fingerprint density at radius 2 is 1.95 bits per heavy atom. The Balaban J connectivity index is 1.76. The summed E-state index contributed by atoms with van der Waals surface area (Å²) in [5.74, 6) is -0.160. The molecule has 1 aliphatic heterocycles. The lowest BCUT2D eigenvalue weighted by atomic mass is 10.2. The maximum Gasteiger partial charge on any atom is 0.217 e. The van der Waals surface area contributed by atoms with Crippen LogP contribution in [0.15, 0.2) is 24.3 Å². The van der Waals surface area contributed by atoms with Crippen molar-refractivity contribution in [3.8, 4) is 0 Å². The van der Waals surface area contributed by atoms with Gasteiger partial charge >= 0.3 is 0 Å². The molecule has 1 heterocycles. The van der Waals surface area contributed by atoms with Crippen molar-refractivity contribution in [3.05, 3.63) is 30.1 Å². The molecule has 0 atom stereocenters. The third kappa shape index (κ3) is 4.21. The first-order valence-corrected chi connectivity index (χ1v) is 6.73. The number of halogens is 1. The van der Waals surface area contributed by atoms with Gasteiger partial charge in [0.1, 0.15) is 5.82 Å². The van der Waals surface area contributed by atoms with Crippen molar-refractivity contribution in [2.24, 2.45) is 0 Å². The van der Waals surface area contributed by atoms with Gasteiger partial charge in [0.25, 0.3) is 0 Å². The van der Waals surface area contributed by atoms with E-state index in [0.29, 0.717) is 0 Å². The quantitative estimate of drug-likeness (QED) is 0.783. The summed E-state index contributed by atoms with van der Waals surface area (Å²) < 4.78 is 12.9. The van der Waals surface area contributed by atoms with Crippen LogP contribution in [0.2, 0.25) is 0 Å². The van der Waals surface area contributed by atoms with Crippen LogP contribution in [0, 0.1) is 5.82 Å². The van der Waals surface area contributed by atoms with Gasteiger partial charge in [0, 0.05) is 12.6 Å². The van der Waals surface area contributed by atoms with Gasteiger partial charge in [-0.2, -0.15) is 0 Å². The van der Waals surface area contributed by atoms with Gasteiger partial charge in [-0.05, 0) is 24.3 Å². The number of carbonyl (C=O) groups is 1. The maximum absolute atomic E-state index is 12.9. The van der Waals surface area contributed by atoms with E-state index in [0.717, 1.165) is 45.0 Å². The van der Waals surface area contributed by atoms with E-state index in [2.05, 4.69) is 10.2 Å². The molecule has 1 saturated heterocycles. The summed E-state index contributed by atoms with van der Waals surface area (Å²) in [6.07, 6.45) is 0. The van der Waals surface area contributed by atoms with Gasteiger partial charge in [0.05, 0.1) is 39.3 Å². The number of piperazine rings is 1. The second-order valence-corrected chi connectivity index (χ2v) is 4.95. The highest BCUT2D eigenvalue weighted by atomic mass is 19.1. The predicted molar refractivity (Wildman–Crippen MR) is 72.9 cm³/mol. The second-order valence-electron chi connectivity index (χ2n) is 4.95. The summed E-state index contributed by atoms with van der Waals surface area (Å²) in [5, 5.41) is 2.83. The van der Waals surface area contributed by atoms with Gasteiger partial charge in [-0.15, -0.1) is 0 Å². The average Bonchev–Trinajstić information content (AvgIpc) is 2.40. The Morgan fingerprint density at radius 3 is 2.53 bits per heavy atom. The van der Waals surface area contributed by atoms with E-state index < -0.39 is 0 Å². The fourth-order valence-corrected chi connectivity index (χ4v) is 2.40. The molecule has 5 heteroatoms. The van der Waals surface area contributed by atoms with Crippen molar-refractivity contribution in [2.45, 2.75) is 6.92 Å². The smallest absolute Gasteiger partial charge is 0.217 e. The van der Waals surface area contributed by atoms with Gasteiger partial charge in [-0.25, -0.2) is 4.39 Å². The fraction of sp³-hybridized carbons (Fsp3) is 0.500. The van der Waals surface area contributed by atoms with Crippen LogP contribution in [-0.4, -0.2) is 45.2 Å². The minimum absolute atomic E-state index is 0.0318. The first kappa shape index (κ1) is 13.8. The van der Waals surface area contributed by atoms with Crippen molar-refractivity contribution in [1.29, 1.82) is 0 Å². The van der Waals surface area contributed by atoms with Crippen LogP contribution < -0.4 is 15.1 Å². The normalized spacial score (nSPS) is 16.4. The summed E-state index contributed by atoms with van der Waals surface area (Å²) in [6, 6.07) is 6.67. The molecule has 0 radical (unpaired) electrons. The highest BCUT2D eigenvalue weighted by Crippen LogP contribution is 2.14. The molecule has 0 saturated carbocycles. The second kappa shape index (κ2) is 6.52. The number of quaternary nitrogens is 1. The molecular weight excluding hydrogens is 245 g/mol. The van der Waals surface area contributed by atoms with Crippen molar-refractivity contribution in [3.63, 3.8) is 0 Å². The minimum Gasteiger partial charge on any atom is -0.360 e. The molecule has 4 nitrogen and oxygen atoms in total. The number of hydrogen-bond donors (Lipinski definition) is 2. The molecule has 1 aromatic carbocycles. The molecule has 104 valence electrons. The molecule has 1 fully saturated rings. The third-order valence-corrected chi connectivity index (χ3v) is 3.51. The van der Waals surface area contributed by atoms with Crippen molar-refractivity contribution in [2.75, 3.05) is 44.2 Å². The number of anilines is 1. The lowest BCUT2D eigenvalue weighted by Gasteiger charge is -2.33. The number of benzene rings is 1. The van der Waals surface area contributed by atoms with Crippen molar-refractivity contribution >= 4 is 11.6 Å². The standard InChI is InChI=1S/C14H20FN3O/c1-12(19)16-6-7-17-8-10-18(11-9-17)14-4-2-13(15)3-5-14/h2-5H,6-11H2,1H3,(H,16,19)/p+1. The van der Waals surface area contributed by atoms with Crippen LogP contribution in [0.5, 0.6) is 0 Å². The van der Waals surface area contributed by atoms with E-state index in [1.807, 2.05) is 12.1 Å². The van der Waals surface area contributed by atoms with Gasteiger partial charge < -0.3 is 15.1 Å². The van der Waals surface area contributed by atoms with Crippen molar-refractivity contribution < 1.29 is 14.1 Å². The largest absolute Gasteiger partial charge is 0.360 e. The number of nitrogens with one attached hydrogen (secondary N) is 2. The maximum atomic E-state index is 12.9. The molecule has 1 amide bonds. The van der Waals surface area contributed by atoms with Gasteiger partial charge in [-0.3, -0.25) is 4.79 Å². The van der Waals surface area contributed by atoms with E-state index >= 15 is 0 Å². The summed E-state index contributed by atoms with van der Waals surface area (Å²) in [7, 11) is 0. The first-order valence-electron chi connectivity index (χ1n) is 6.73. The van der Waals surface area contributed by atoms with E-state index in [4.69, 9.17) is 0 Å². The van der Waals surface area contributed by atoms with Crippen LogP contribution in [-0.2, 0) is 4.79 Å². The zero-order valence-corrected chi connectivity index (χ0v) is 11.3. The summed E-state index contributed by atoms with van der Waals surface area (Å²) in [6.45, 7) is 7.30. The molecule has 0 aliphatic carbocycles. The van der Waals surface area contributed by atoms with E-state index in [9.17, 15) is 9.18 Å². The zero-order valence-electron chi connectivity index (χ0n) is 11.3. The molecule has 19 heavy (non-hydrogen) atoms. The lowest BCUT2D eigenvalue weighted by molar-refractivity contribution is -0.899. The molecule has 1 aliphatic rings. The Labute approximate surface area is 113 Å². The topological polar surface area (TPSA) is 36.8 Å². The van der Waals surface area contributed by atoms with Gasteiger partial charge in [-0.1, -0.05) is 0 Å². The number of hydrogen-bond acceptors (Lipinski definition) is 2. The summed E-state index contributed by atoms with van der Waals surface area (Å²) in [4.78, 5) is 14.6. The molecule has 1 aromatic rings. The number of nitrogens with zero attached hydrogens (tertiary/aromatic N) is 1. The van der Waals surface area contributed by atoms with Gasteiger partial charge in [0.2, 0.25) is 5.91 Å². The van der Waals surface area contributed by atoms with E-state index in [1.54, 1.807) is 6.92 Å². The van der Waals surface area contributed by atoms with Crippen molar-refractivity contribution in [1.82, 2.24) is 5.32 Å². The van der Waals surface area contributed by atoms with E-state index in [1.165, 1.54) is 17.0 Å². The monoisotopic (exact) mass is 266 g/mol. The zero-order chi connectivity index (χ0) is 13.7. The van der Waals surface area contributed by atoms with Crippen LogP contribution in [0.3, 0.4) is 0 Å². The summed E-state index contributed by atoms with van der Waals surface area (Å²) in [5.41, 5.74) is 1.09. The highest BCUT2D eigenvalue weighted by Gasteiger charge is 2.19. The first-order chi connectivity index (χ1) is 9.15. The SMILES string of the molecule is CC(=O)NCC[NH+]1CCN(c2ccc(F)cc2)CC1. The molecular formula is C14H21FN3O+. The Hall–Kier alpha value is -1.62. The Bertz CT molecular complexity index is 413. The Kier molecular flexibility index (Phi) is 4.74. The molecule has 0 spiro atoms. The van der Waals surface area contributed by atoms with Crippen LogP contribution in [0.4, 0.5) is 10.1 Å². The van der Waals surface area contributed by atoms with Gasteiger partial charge in [0.15, 0.2) is 0 Å². The fourth-order valence-electron chi connectivity index (χ4n) is 2.40.